The molecule has 1 amide bonds. The number of carbonyl (C=O) groups is 2. The minimum Gasteiger partial charge on any atom is -0.462 e. The van der Waals surface area contributed by atoms with Crippen LogP contribution in [-0.2, 0) is 4.74 Å². The van der Waals surface area contributed by atoms with Crippen LogP contribution >= 0.6 is 11.8 Å². The number of thioether (sulfide) groups is 1. The van der Waals surface area contributed by atoms with Gasteiger partial charge in [-0.15, -0.1) is 11.8 Å². The standard InChI is InChI=1S/C31H29NO5S/c1-5-6-15-36-31(35)21-7-11-22(12-8-21)32-27(20-9-13-23(38-4)14-10-20)26-28(33)24-16-18(2)19(3)17-25(24)37-29(26)30(32)34/h7-14,16-17,27H,5-6,15H2,1-4H3. The van der Waals surface area contributed by atoms with Crippen molar-refractivity contribution in [1.29, 1.82) is 0 Å². The maximum atomic E-state index is 13.9. The topological polar surface area (TPSA) is 76.8 Å². The Kier molecular flexibility index (Phi) is 7.13. The molecule has 3 aromatic carbocycles. The number of aryl methyl sites for hydroxylation is 2. The lowest BCUT2D eigenvalue weighted by atomic mass is 9.97. The van der Waals surface area contributed by atoms with Crippen molar-refractivity contribution in [2.45, 2.75) is 44.6 Å². The van der Waals surface area contributed by atoms with E-state index in [0.717, 1.165) is 34.4 Å². The molecule has 0 saturated carbocycles. The average Bonchev–Trinajstić information content (AvgIpc) is 3.22. The predicted molar refractivity (Wildman–Crippen MR) is 150 cm³/mol. The molecule has 1 unspecified atom stereocenters. The fourth-order valence-corrected chi connectivity index (χ4v) is 5.15. The molecule has 0 N–H and O–H groups in total. The van der Waals surface area contributed by atoms with Crippen molar-refractivity contribution < 1.29 is 18.7 Å². The van der Waals surface area contributed by atoms with E-state index in [1.165, 1.54) is 0 Å². The molecular formula is C31H29NO5S. The van der Waals surface area contributed by atoms with Crippen LogP contribution in [0.25, 0.3) is 11.0 Å². The fourth-order valence-electron chi connectivity index (χ4n) is 4.75. The van der Waals surface area contributed by atoms with Gasteiger partial charge >= 0.3 is 5.97 Å². The highest BCUT2D eigenvalue weighted by atomic mass is 32.2. The highest BCUT2D eigenvalue weighted by Crippen LogP contribution is 2.41. The molecule has 5 rings (SSSR count). The summed E-state index contributed by atoms with van der Waals surface area (Å²) in [4.78, 5) is 42.8. The van der Waals surface area contributed by atoms with Crippen LogP contribution in [0.15, 0.2) is 74.8 Å². The third-order valence-electron chi connectivity index (χ3n) is 7.03. The minimum absolute atomic E-state index is 0.0488. The summed E-state index contributed by atoms with van der Waals surface area (Å²) < 4.78 is 11.4. The van der Waals surface area contributed by atoms with Gasteiger partial charge < -0.3 is 9.15 Å². The largest absolute Gasteiger partial charge is 0.462 e. The van der Waals surface area contributed by atoms with Gasteiger partial charge in [0.1, 0.15) is 5.58 Å². The van der Waals surface area contributed by atoms with Crippen LogP contribution in [0.3, 0.4) is 0 Å². The molecule has 38 heavy (non-hydrogen) atoms. The summed E-state index contributed by atoms with van der Waals surface area (Å²) in [6.07, 6.45) is 3.73. The van der Waals surface area contributed by atoms with Crippen molar-refractivity contribution >= 4 is 40.3 Å². The third kappa shape index (κ3) is 4.52. The molecule has 194 valence electrons. The van der Waals surface area contributed by atoms with Crippen LogP contribution in [0.5, 0.6) is 0 Å². The van der Waals surface area contributed by atoms with Crippen LogP contribution in [-0.4, -0.2) is 24.7 Å². The Bertz CT molecular complexity index is 1590. The zero-order valence-corrected chi connectivity index (χ0v) is 22.7. The molecule has 7 heteroatoms. The molecule has 1 aliphatic rings. The number of carbonyl (C=O) groups excluding carboxylic acids is 2. The predicted octanol–water partition coefficient (Wildman–Crippen LogP) is 6.84. The summed E-state index contributed by atoms with van der Waals surface area (Å²) >= 11 is 1.62. The van der Waals surface area contributed by atoms with Crippen molar-refractivity contribution in [2.75, 3.05) is 17.8 Å². The summed E-state index contributed by atoms with van der Waals surface area (Å²) in [6.45, 7) is 6.29. The lowest BCUT2D eigenvalue weighted by Gasteiger charge is -2.25. The molecule has 6 nitrogen and oxygen atoms in total. The van der Waals surface area contributed by atoms with Gasteiger partial charge in [0.25, 0.3) is 5.91 Å². The van der Waals surface area contributed by atoms with E-state index in [2.05, 4.69) is 0 Å². The minimum atomic E-state index is -0.668. The smallest absolute Gasteiger partial charge is 0.338 e. The average molecular weight is 528 g/mol. The van der Waals surface area contributed by atoms with Gasteiger partial charge in [-0.2, -0.15) is 0 Å². The Balaban J connectivity index is 1.63. The molecule has 4 aromatic rings. The van der Waals surface area contributed by atoms with E-state index < -0.39 is 17.9 Å². The Morgan fingerprint density at radius 3 is 2.34 bits per heavy atom. The number of amides is 1. The van der Waals surface area contributed by atoms with Gasteiger partial charge in [-0.3, -0.25) is 14.5 Å². The normalized spacial score (nSPS) is 14.7. The number of ether oxygens (including phenoxy) is 1. The van der Waals surface area contributed by atoms with Gasteiger partial charge in [-0.1, -0.05) is 25.5 Å². The van der Waals surface area contributed by atoms with Crippen LogP contribution in [0, 0.1) is 13.8 Å². The van der Waals surface area contributed by atoms with E-state index in [-0.39, 0.29) is 11.2 Å². The quantitative estimate of drug-likeness (QED) is 0.149. The number of hydrogen-bond acceptors (Lipinski definition) is 6. The molecule has 0 fully saturated rings. The first-order valence-electron chi connectivity index (χ1n) is 12.7. The Morgan fingerprint density at radius 1 is 1.00 bits per heavy atom. The van der Waals surface area contributed by atoms with E-state index >= 15 is 0 Å². The summed E-state index contributed by atoms with van der Waals surface area (Å²) in [5.41, 5.74) is 4.23. The van der Waals surface area contributed by atoms with E-state index in [1.807, 2.05) is 63.4 Å². The van der Waals surface area contributed by atoms with Crippen LogP contribution < -0.4 is 10.3 Å². The molecule has 0 bridgehead atoms. The maximum Gasteiger partial charge on any atom is 0.338 e. The van der Waals surface area contributed by atoms with Crippen molar-refractivity contribution in [2.24, 2.45) is 0 Å². The molecule has 0 saturated heterocycles. The highest BCUT2D eigenvalue weighted by molar-refractivity contribution is 7.98. The second kappa shape index (κ2) is 10.5. The fraction of sp³-hybridized carbons (Fsp3) is 0.258. The highest BCUT2D eigenvalue weighted by Gasteiger charge is 2.43. The van der Waals surface area contributed by atoms with Gasteiger partial charge in [-0.25, -0.2) is 4.79 Å². The first-order chi connectivity index (χ1) is 18.3. The molecule has 0 radical (unpaired) electrons. The molecular weight excluding hydrogens is 498 g/mol. The summed E-state index contributed by atoms with van der Waals surface area (Å²) in [7, 11) is 0. The number of benzene rings is 3. The lowest BCUT2D eigenvalue weighted by molar-refractivity contribution is 0.0499. The van der Waals surface area contributed by atoms with Crippen molar-refractivity contribution in [3.05, 3.63) is 104 Å². The molecule has 1 atom stereocenters. The van der Waals surface area contributed by atoms with Crippen LogP contribution in [0.4, 0.5) is 5.69 Å². The van der Waals surface area contributed by atoms with E-state index in [1.54, 1.807) is 40.9 Å². The van der Waals surface area contributed by atoms with Crippen molar-refractivity contribution in [1.82, 2.24) is 0 Å². The van der Waals surface area contributed by atoms with E-state index in [4.69, 9.17) is 9.15 Å². The Hall–Kier alpha value is -3.84. The van der Waals surface area contributed by atoms with Crippen LogP contribution in [0.1, 0.15) is 69.0 Å². The number of rotatable bonds is 7. The van der Waals surface area contributed by atoms with Crippen molar-refractivity contribution in [3.63, 3.8) is 0 Å². The van der Waals surface area contributed by atoms with E-state index in [9.17, 15) is 14.4 Å². The second-order valence-electron chi connectivity index (χ2n) is 9.49. The Labute approximate surface area is 225 Å². The number of unbranched alkanes of at least 4 members (excludes halogenated alkanes) is 1. The SMILES string of the molecule is CCCCOC(=O)c1ccc(N2C(=O)c3oc4cc(C)c(C)cc4c(=O)c3C2c2ccc(SC)cc2)cc1. The molecule has 1 aliphatic heterocycles. The Morgan fingerprint density at radius 2 is 1.68 bits per heavy atom. The number of nitrogens with zero attached hydrogens (tertiary/aromatic N) is 1. The summed E-state index contributed by atoms with van der Waals surface area (Å²) in [6, 6.07) is 17.5. The second-order valence-corrected chi connectivity index (χ2v) is 10.4. The van der Waals surface area contributed by atoms with E-state index in [0.29, 0.717) is 34.4 Å². The van der Waals surface area contributed by atoms with Crippen LogP contribution in [0.2, 0.25) is 0 Å². The zero-order valence-electron chi connectivity index (χ0n) is 21.9. The van der Waals surface area contributed by atoms with Gasteiger partial charge in [0.2, 0.25) is 5.76 Å². The number of esters is 1. The van der Waals surface area contributed by atoms with Gasteiger partial charge in [0.05, 0.1) is 29.2 Å². The lowest BCUT2D eigenvalue weighted by Crippen LogP contribution is -2.29. The van der Waals surface area contributed by atoms with Gasteiger partial charge in [0.15, 0.2) is 5.43 Å². The first-order valence-corrected chi connectivity index (χ1v) is 13.9. The first kappa shape index (κ1) is 25.8. The maximum absolute atomic E-state index is 13.9. The molecule has 0 spiro atoms. The third-order valence-corrected chi connectivity index (χ3v) is 7.77. The molecule has 2 heterocycles. The van der Waals surface area contributed by atoms with Crippen molar-refractivity contribution in [3.8, 4) is 0 Å². The zero-order chi connectivity index (χ0) is 27.0. The number of hydrogen-bond donors (Lipinski definition) is 0. The summed E-state index contributed by atoms with van der Waals surface area (Å²) in [5, 5.41) is 0.456. The molecule has 1 aromatic heterocycles. The van der Waals surface area contributed by atoms with Gasteiger partial charge in [-0.05, 0) is 91.7 Å². The number of anilines is 1. The summed E-state index contributed by atoms with van der Waals surface area (Å²) in [5.74, 6) is -0.749. The number of fused-ring (bicyclic) bond motifs is 2. The molecule has 0 aliphatic carbocycles. The monoisotopic (exact) mass is 527 g/mol. The van der Waals surface area contributed by atoms with Gasteiger partial charge in [0, 0.05) is 10.6 Å².